The molecule has 1 amide bonds. The van der Waals surface area contributed by atoms with E-state index in [-0.39, 0.29) is 5.91 Å². The maximum Gasteiger partial charge on any atom is 0.236 e. The van der Waals surface area contributed by atoms with Gasteiger partial charge in [-0.1, -0.05) is 0 Å². The number of amides is 1. The van der Waals surface area contributed by atoms with Crippen molar-refractivity contribution in [1.29, 1.82) is 0 Å². The fraction of sp³-hybridized carbons (Fsp3) is 0.923. The van der Waals surface area contributed by atoms with Gasteiger partial charge in [0.1, 0.15) is 0 Å². The molecule has 2 fully saturated rings. The second-order valence-corrected chi connectivity index (χ2v) is 5.66. The number of piperidine rings is 1. The van der Waals surface area contributed by atoms with Crippen molar-refractivity contribution in [3.63, 3.8) is 0 Å². The van der Waals surface area contributed by atoms with Crippen molar-refractivity contribution in [1.82, 2.24) is 15.1 Å². The van der Waals surface area contributed by atoms with Crippen LogP contribution in [0.15, 0.2) is 0 Å². The van der Waals surface area contributed by atoms with Crippen molar-refractivity contribution in [3.05, 3.63) is 0 Å². The Kier molecular flexibility index (Phi) is 4.40. The molecule has 0 radical (unpaired) electrons. The average molecular weight is 239 g/mol. The molecule has 0 aromatic heterocycles. The minimum Gasteiger partial charge on any atom is -0.348 e. The number of rotatable bonds is 5. The third-order valence-electron chi connectivity index (χ3n) is 3.79. The number of carbonyl (C=O) groups is 1. The van der Waals surface area contributed by atoms with E-state index in [0.29, 0.717) is 12.6 Å². The molecule has 4 heteroatoms. The SMILES string of the molecule is CN(C)C(=O)CN(CC1CCCNC1)C1CC1. The van der Waals surface area contributed by atoms with Crippen molar-refractivity contribution >= 4 is 5.91 Å². The van der Waals surface area contributed by atoms with Crippen LogP contribution in [-0.4, -0.2) is 62.0 Å². The van der Waals surface area contributed by atoms with Gasteiger partial charge in [-0.15, -0.1) is 0 Å². The topological polar surface area (TPSA) is 35.6 Å². The highest BCUT2D eigenvalue weighted by Crippen LogP contribution is 2.28. The molecular formula is C13H25N3O. The standard InChI is InChI=1S/C13H25N3O/c1-15(2)13(17)10-16(12-5-6-12)9-11-4-3-7-14-8-11/h11-12,14H,3-10H2,1-2H3. The Morgan fingerprint density at radius 2 is 2.06 bits per heavy atom. The van der Waals surface area contributed by atoms with Gasteiger partial charge in [0.2, 0.25) is 5.91 Å². The van der Waals surface area contributed by atoms with E-state index in [0.717, 1.165) is 25.6 Å². The summed E-state index contributed by atoms with van der Waals surface area (Å²) in [7, 11) is 3.69. The molecule has 2 aliphatic rings. The summed E-state index contributed by atoms with van der Waals surface area (Å²) in [5, 5.41) is 3.45. The lowest BCUT2D eigenvalue weighted by Crippen LogP contribution is -2.43. The van der Waals surface area contributed by atoms with Gasteiger partial charge >= 0.3 is 0 Å². The summed E-state index contributed by atoms with van der Waals surface area (Å²) in [6.07, 6.45) is 5.15. The maximum absolute atomic E-state index is 11.8. The summed E-state index contributed by atoms with van der Waals surface area (Å²) < 4.78 is 0. The minimum atomic E-state index is 0.237. The normalized spacial score (nSPS) is 25.0. The molecule has 98 valence electrons. The van der Waals surface area contributed by atoms with Gasteiger partial charge in [-0.2, -0.15) is 0 Å². The molecule has 0 aromatic rings. The van der Waals surface area contributed by atoms with Crippen LogP contribution in [-0.2, 0) is 4.79 Å². The summed E-state index contributed by atoms with van der Waals surface area (Å²) in [5.74, 6) is 0.972. The van der Waals surface area contributed by atoms with E-state index in [1.807, 2.05) is 14.1 Å². The second-order valence-electron chi connectivity index (χ2n) is 5.66. The van der Waals surface area contributed by atoms with Crippen LogP contribution in [0.1, 0.15) is 25.7 Å². The average Bonchev–Trinajstić information content (AvgIpc) is 3.13. The Hall–Kier alpha value is -0.610. The van der Waals surface area contributed by atoms with Crippen LogP contribution in [0.2, 0.25) is 0 Å². The number of carbonyl (C=O) groups excluding carboxylic acids is 1. The zero-order valence-corrected chi connectivity index (χ0v) is 11.1. The lowest BCUT2D eigenvalue weighted by atomic mass is 9.99. The Bertz CT molecular complexity index is 257. The van der Waals surface area contributed by atoms with Crippen molar-refractivity contribution < 1.29 is 4.79 Å². The summed E-state index contributed by atoms with van der Waals surface area (Å²) in [6, 6.07) is 0.681. The molecule has 17 heavy (non-hydrogen) atoms. The number of nitrogens with zero attached hydrogens (tertiary/aromatic N) is 2. The van der Waals surface area contributed by atoms with Gasteiger partial charge in [-0.25, -0.2) is 0 Å². The Morgan fingerprint density at radius 3 is 2.59 bits per heavy atom. The van der Waals surface area contributed by atoms with E-state index in [9.17, 15) is 4.79 Å². The van der Waals surface area contributed by atoms with Crippen LogP contribution < -0.4 is 5.32 Å². The van der Waals surface area contributed by atoms with E-state index in [1.54, 1.807) is 4.90 Å². The monoisotopic (exact) mass is 239 g/mol. The lowest BCUT2D eigenvalue weighted by Gasteiger charge is -2.30. The highest BCUT2D eigenvalue weighted by Gasteiger charge is 2.32. The molecule has 0 bridgehead atoms. The summed E-state index contributed by atoms with van der Waals surface area (Å²) >= 11 is 0. The number of likely N-dealkylation sites (N-methyl/N-ethyl adjacent to an activating group) is 1. The second kappa shape index (κ2) is 5.83. The van der Waals surface area contributed by atoms with Crippen LogP contribution in [0.3, 0.4) is 0 Å². The Labute approximate surface area is 104 Å². The van der Waals surface area contributed by atoms with Gasteiger partial charge in [0.05, 0.1) is 6.54 Å². The van der Waals surface area contributed by atoms with Crippen molar-refractivity contribution in [3.8, 4) is 0 Å². The largest absolute Gasteiger partial charge is 0.348 e. The fourth-order valence-electron chi connectivity index (χ4n) is 2.51. The molecule has 4 nitrogen and oxygen atoms in total. The minimum absolute atomic E-state index is 0.237. The fourth-order valence-corrected chi connectivity index (χ4v) is 2.51. The van der Waals surface area contributed by atoms with Crippen LogP contribution in [0.4, 0.5) is 0 Å². The van der Waals surface area contributed by atoms with Gasteiger partial charge in [-0.05, 0) is 44.7 Å². The Morgan fingerprint density at radius 1 is 1.29 bits per heavy atom. The molecule has 0 aromatic carbocycles. The predicted molar refractivity (Wildman–Crippen MR) is 68.9 cm³/mol. The molecular weight excluding hydrogens is 214 g/mol. The van der Waals surface area contributed by atoms with Crippen molar-refractivity contribution in [2.75, 3.05) is 40.3 Å². The molecule has 0 spiro atoms. The summed E-state index contributed by atoms with van der Waals surface area (Å²) in [6.45, 7) is 3.99. The zero-order valence-electron chi connectivity index (χ0n) is 11.1. The quantitative estimate of drug-likeness (QED) is 0.760. The highest BCUT2D eigenvalue weighted by atomic mass is 16.2. The van der Waals surface area contributed by atoms with E-state index in [1.165, 1.54) is 25.7 Å². The summed E-state index contributed by atoms with van der Waals surface area (Å²) in [4.78, 5) is 15.9. The van der Waals surface area contributed by atoms with E-state index in [2.05, 4.69) is 10.2 Å². The van der Waals surface area contributed by atoms with Crippen molar-refractivity contribution in [2.24, 2.45) is 5.92 Å². The first-order valence-electron chi connectivity index (χ1n) is 6.81. The molecule has 1 saturated heterocycles. The number of nitrogens with one attached hydrogen (secondary N) is 1. The third-order valence-corrected chi connectivity index (χ3v) is 3.79. The lowest BCUT2D eigenvalue weighted by molar-refractivity contribution is -0.130. The van der Waals surface area contributed by atoms with E-state index < -0.39 is 0 Å². The molecule has 1 N–H and O–H groups in total. The summed E-state index contributed by atoms with van der Waals surface area (Å²) in [5.41, 5.74) is 0. The van der Waals surface area contributed by atoms with Crippen LogP contribution in [0.5, 0.6) is 0 Å². The van der Waals surface area contributed by atoms with Crippen LogP contribution >= 0.6 is 0 Å². The molecule has 1 atom stereocenters. The molecule has 1 saturated carbocycles. The number of hydrogen-bond acceptors (Lipinski definition) is 3. The first kappa shape index (κ1) is 12.8. The van der Waals surface area contributed by atoms with Gasteiger partial charge in [0.25, 0.3) is 0 Å². The predicted octanol–water partition coefficient (Wildman–Crippen LogP) is 0.539. The van der Waals surface area contributed by atoms with E-state index >= 15 is 0 Å². The third kappa shape index (κ3) is 3.96. The van der Waals surface area contributed by atoms with Crippen LogP contribution in [0, 0.1) is 5.92 Å². The van der Waals surface area contributed by atoms with Crippen molar-refractivity contribution in [2.45, 2.75) is 31.7 Å². The van der Waals surface area contributed by atoms with Crippen LogP contribution in [0.25, 0.3) is 0 Å². The smallest absolute Gasteiger partial charge is 0.236 e. The van der Waals surface area contributed by atoms with Gasteiger partial charge in [-0.3, -0.25) is 9.69 Å². The van der Waals surface area contributed by atoms with Gasteiger partial charge in [0, 0.05) is 26.7 Å². The number of hydrogen-bond donors (Lipinski definition) is 1. The van der Waals surface area contributed by atoms with E-state index in [4.69, 9.17) is 0 Å². The maximum atomic E-state index is 11.8. The first-order valence-corrected chi connectivity index (χ1v) is 6.81. The molecule has 1 aliphatic heterocycles. The first-order chi connectivity index (χ1) is 8.16. The molecule has 1 unspecified atom stereocenters. The highest BCUT2D eigenvalue weighted by molar-refractivity contribution is 5.77. The molecule has 2 rings (SSSR count). The van der Waals surface area contributed by atoms with Gasteiger partial charge < -0.3 is 10.2 Å². The van der Waals surface area contributed by atoms with Gasteiger partial charge in [0.15, 0.2) is 0 Å². The zero-order chi connectivity index (χ0) is 12.3. The Balaban J connectivity index is 1.81. The molecule has 1 heterocycles. The molecule has 1 aliphatic carbocycles.